The topological polar surface area (TPSA) is 0 Å². The second-order valence-corrected chi connectivity index (χ2v) is 6.64. The Morgan fingerprint density at radius 2 is 1.12 bits per heavy atom. The molecule has 0 saturated heterocycles. The fourth-order valence-corrected chi connectivity index (χ4v) is 3.80. The van der Waals surface area contributed by atoms with Gasteiger partial charge in [-0.3, -0.25) is 0 Å². The first-order valence-electron chi connectivity index (χ1n) is 8.96. The van der Waals surface area contributed by atoms with Crippen molar-refractivity contribution < 1.29 is 0 Å². The van der Waals surface area contributed by atoms with Gasteiger partial charge in [-0.1, -0.05) is 103 Å². The lowest BCUT2D eigenvalue weighted by molar-refractivity contribution is 1.66. The van der Waals surface area contributed by atoms with E-state index in [1.54, 1.807) is 0 Å². The quantitative estimate of drug-likeness (QED) is 0.235. The molecule has 0 bridgehead atoms. The predicted octanol–water partition coefficient (Wildman–Crippen LogP) is 7.32. The van der Waals surface area contributed by atoms with Gasteiger partial charge in [0.1, 0.15) is 0 Å². The van der Waals surface area contributed by atoms with E-state index >= 15 is 0 Å². The molecule has 0 fully saturated rings. The average molecular weight is 330 g/mol. The summed E-state index contributed by atoms with van der Waals surface area (Å²) in [6, 6.07) is 34.6. The standard InChI is InChI=1S/C26H18/c1-2-8-19(9-3-1)14-15-21-18-22-17-16-20-10-4-5-12-24(20)26(22)25-13-7-6-11-23(21)25/h1-18H/b15-14-. The monoisotopic (exact) mass is 330 g/mol. The van der Waals surface area contributed by atoms with E-state index in [0.29, 0.717) is 0 Å². The third-order valence-corrected chi connectivity index (χ3v) is 5.03. The van der Waals surface area contributed by atoms with E-state index in [1.807, 2.05) is 6.07 Å². The van der Waals surface area contributed by atoms with Crippen molar-refractivity contribution in [2.24, 2.45) is 0 Å². The molecule has 5 rings (SSSR count). The van der Waals surface area contributed by atoms with E-state index < -0.39 is 0 Å². The van der Waals surface area contributed by atoms with Gasteiger partial charge < -0.3 is 0 Å². The Bertz CT molecular complexity index is 1260. The highest BCUT2D eigenvalue weighted by atomic mass is 14.1. The van der Waals surface area contributed by atoms with Crippen molar-refractivity contribution in [3.63, 3.8) is 0 Å². The van der Waals surface area contributed by atoms with E-state index in [1.165, 1.54) is 43.4 Å². The summed E-state index contributed by atoms with van der Waals surface area (Å²) in [6.07, 6.45) is 4.42. The zero-order valence-corrected chi connectivity index (χ0v) is 14.4. The van der Waals surface area contributed by atoms with Crippen LogP contribution in [0.25, 0.3) is 44.5 Å². The molecule has 0 aliphatic carbocycles. The molecule has 0 aliphatic heterocycles. The summed E-state index contributed by atoms with van der Waals surface area (Å²) in [5.41, 5.74) is 2.47. The van der Waals surface area contributed by atoms with Gasteiger partial charge in [-0.25, -0.2) is 0 Å². The number of hydrogen-bond donors (Lipinski definition) is 0. The fraction of sp³-hybridized carbons (Fsp3) is 0. The molecule has 0 amide bonds. The van der Waals surface area contributed by atoms with Crippen LogP contribution in [0.5, 0.6) is 0 Å². The van der Waals surface area contributed by atoms with Crippen LogP contribution in [0.4, 0.5) is 0 Å². The minimum atomic E-state index is 1.22. The van der Waals surface area contributed by atoms with Crippen molar-refractivity contribution in [1.29, 1.82) is 0 Å². The van der Waals surface area contributed by atoms with E-state index in [4.69, 9.17) is 0 Å². The van der Waals surface area contributed by atoms with Gasteiger partial charge in [-0.15, -0.1) is 0 Å². The van der Waals surface area contributed by atoms with Crippen LogP contribution in [-0.2, 0) is 0 Å². The van der Waals surface area contributed by atoms with Crippen molar-refractivity contribution in [2.75, 3.05) is 0 Å². The Kier molecular flexibility index (Phi) is 3.54. The van der Waals surface area contributed by atoms with Gasteiger partial charge in [0.15, 0.2) is 0 Å². The number of fused-ring (bicyclic) bond motifs is 5. The molecular formula is C26H18. The van der Waals surface area contributed by atoms with Crippen molar-refractivity contribution in [3.05, 3.63) is 108 Å². The summed E-state index contributed by atoms with van der Waals surface area (Å²) in [5.74, 6) is 0. The Morgan fingerprint density at radius 1 is 0.462 bits per heavy atom. The Balaban J connectivity index is 1.82. The van der Waals surface area contributed by atoms with Gasteiger partial charge in [0.25, 0.3) is 0 Å². The van der Waals surface area contributed by atoms with Crippen LogP contribution >= 0.6 is 0 Å². The first kappa shape index (κ1) is 14.9. The van der Waals surface area contributed by atoms with Crippen LogP contribution in [-0.4, -0.2) is 0 Å². The number of rotatable bonds is 2. The summed E-state index contributed by atoms with van der Waals surface area (Å²) in [4.78, 5) is 0. The summed E-state index contributed by atoms with van der Waals surface area (Å²) in [7, 11) is 0. The molecule has 0 spiro atoms. The zero-order chi connectivity index (χ0) is 17.3. The molecule has 0 unspecified atom stereocenters. The third-order valence-electron chi connectivity index (χ3n) is 5.03. The maximum Gasteiger partial charge on any atom is -0.00264 e. The van der Waals surface area contributed by atoms with Crippen LogP contribution in [0.3, 0.4) is 0 Å². The molecule has 0 aromatic heterocycles. The van der Waals surface area contributed by atoms with Crippen molar-refractivity contribution in [1.82, 2.24) is 0 Å². The SMILES string of the molecule is C(=C/c1cc2ccc3ccccc3c2c2ccccc12)/c1ccccc1. The summed E-state index contributed by atoms with van der Waals surface area (Å²) in [5, 5.41) is 7.85. The minimum Gasteiger partial charge on any atom is -0.0622 e. The van der Waals surface area contributed by atoms with Gasteiger partial charge in [-0.05, 0) is 49.5 Å². The van der Waals surface area contributed by atoms with Gasteiger partial charge >= 0.3 is 0 Å². The van der Waals surface area contributed by atoms with E-state index in [9.17, 15) is 0 Å². The molecule has 122 valence electrons. The molecule has 0 heteroatoms. The van der Waals surface area contributed by atoms with Gasteiger partial charge in [0.05, 0.1) is 0 Å². The predicted molar refractivity (Wildman–Crippen MR) is 114 cm³/mol. The summed E-state index contributed by atoms with van der Waals surface area (Å²) >= 11 is 0. The maximum atomic E-state index is 2.31. The van der Waals surface area contributed by atoms with Crippen molar-refractivity contribution >= 4 is 44.5 Å². The van der Waals surface area contributed by atoms with Crippen molar-refractivity contribution in [2.45, 2.75) is 0 Å². The lowest BCUT2D eigenvalue weighted by Crippen LogP contribution is -1.84. The van der Waals surface area contributed by atoms with Crippen LogP contribution in [0, 0.1) is 0 Å². The van der Waals surface area contributed by atoms with Crippen molar-refractivity contribution in [3.8, 4) is 0 Å². The molecule has 26 heavy (non-hydrogen) atoms. The molecule has 0 heterocycles. The lowest BCUT2D eigenvalue weighted by atomic mass is 9.93. The van der Waals surface area contributed by atoms with Gasteiger partial charge in [0.2, 0.25) is 0 Å². The highest BCUT2D eigenvalue weighted by Crippen LogP contribution is 2.34. The molecule has 0 atom stereocenters. The molecular weight excluding hydrogens is 312 g/mol. The second-order valence-electron chi connectivity index (χ2n) is 6.64. The van der Waals surface area contributed by atoms with E-state index in [2.05, 4.69) is 103 Å². The zero-order valence-electron chi connectivity index (χ0n) is 14.4. The molecule has 0 N–H and O–H groups in total. The minimum absolute atomic E-state index is 1.22. The number of benzene rings is 5. The Labute approximate surface area is 153 Å². The highest BCUT2D eigenvalue weighted by Gasteiger charge is 2.07. The molecule has 0 aliphatic rings. The Morgan fingerprint density at radius 3 is 1.96 bits per heavy atom. The number of hydrogen-bond acceptors (Lipinski definition) is 0. The third kappa shape index (κ3) is 2.48. The van der Waals surface area contributed by atoms with Crippen LogP contribution in [0.2, 0.25) is 0 Å². The second kappa shape index (κ2) is 6.16. The first-order chi connectivity index (χ1) is 12.9. The first-order valence-corrected chi connectivity index (χ1v) is 8.96. The maximum absolute atomic E-state index is 2.31. The van der Waals surface area contributed by atoms with Crippen LogP contribution in [0.1, 0.15) is 11.1 Å². The Hall–Kier alpha value is -3.38. The fourth-order valence-electron chi connectivity index (χ4n) is 3.80. The molecule has 0 nitrogen and oxygen atoms in total. The van der Waals surface area contributed by atoms with E-state index in [-0.39, 0.29) is 0 Å². The molecule has 0 saturated carbocycles. The molecule has 5 aromatic carbocycles. The van der Waals surface area contributed by atoms with Crippen LogP contribution < -0.4 is 0 Å². The van der Waals surface area contributed by atoms with Gasteiger partial charge in [-0.2, -0.15) is 0 Å². The lowest BCUT2D eigenvalue weighted by Gasteiger charge is -2.11. The van der Waals surface area contributed by atoms with Gasteiger partial charge in [0, 0.05) is 0 Å². The molecule has 5 aromatic rings. The smallest absolute Gasteiger partial charge is 0.00264 e. The summed E-state index contributed by atoms with van der Waals surface area (Å²) < 4.78 is 0. The summed E-state index contributed by atoms with van der Waals surface area (Å²) in [6.45, 7) is 0. The van der Waals surface area contributed by atoms with E-state index in [0.717, 1.165) is 0 Å². The largest absolute Gasteiger partial charge is 0.0622 e. The molecule has 0 radical (unpaired) electrons. The average Bonchev–Trinajstić information content (AvgIpc) is 2.72. The normalized spacial score (nSPS) is 11.7. The highest BCUT2D eigenvalue weighted by molar-refractivity contribution is 6.21. The van der Waals surface area contributed by atoms with Crippen LogP contribution in [0.15, 0.2) is 97.1 Å².